The van der Waals surface area contributed by atoms with Gasteiger partial charge in [0.05, 0.1) is 18.6 Å². The maximum atomic E-state index is 12.1. The number of para-hydroxylation sites is 1. The van der Waals surface area contributed by atoms with Crippen molar-refractivity contribution < 1.29 is 23.8 Å². The summed E-state index contributed by atoms with van der Waals surface area (Å²) < 4.78 is 15.0. The molecule has 1 aromatic carbocycles. The number of benzene rings is 1. The van der Waals surface area contributed by atoms with Crippen LogP contribution in [0.15, 0.2) is 24.3 Å². The number of carbonyl (C=O) groups is 2. The average Bonchev–Trinajstić information content (AvgIpc) is 2.41. The van der Waals surface area contributed by atoms with Gasteiger partial charge in [-0.15, -0.1) is 0 Å². The van der Waals surface area contributed by atoms with Gasteiger partial charge in [-0.2, -0.15) is 0 Å². The van der Waals surface area contributed by atoms with Crippen LogP contribution in [0.3, 0.4) is 0 Å². The standard InChI is InChI=1S/C14H18O5/c1-4-19-13-8-6-5-7-10(13)11(15)9-12(16)14(17-2)18-3/h5-8,14H,4,9H2,1-3H3. The summed E-state index contributed by atoms with van der Waals surface area (Å²) in [6, 6.07) is 6.83. The number of hydrogen-bond donors (Lipinski definition) is 0. The van der Waals surface area contributed by atoms with E-state index < -0.39 is 12.1 Å². The summed E-state index contributed by atoms with van der Waals surface area (Å²) in [4.78, 5) is 23.8. The van der Waals surface area contributed by atoms with E-state index in [1.165, 1.54) is 14.2 Å². The monoisotopic (exact) mass is 266 g/mol. The van der Waals surface area contributed by atoms with Gasteiger partial charge in [-0.3, -0.25) is 9.59 Å². The lowest BCUT2D eigenvalue weighted by atomic mass is 10.0. The summed E-state index contributed by atoms with van der Waals surface area (Å²) in [7, 11) is 2.70. The Balaban J connectivity index is 2.81. The normalized spacial score (nSPS) is 10.5. The number of methoxy groups -OCH3 is 2. The number of ether oxygens (including phenoxy) is 3. The van der Waals surface area contributed by atoms with E-state index in [1.807, 2.05) is 6.92 Å². The third-order valence-corrected chi connectivity index (χ3v) is 2.51. The van der Waals surface area contributed by atoms with Gasteiger partial charge in [0.15, 0.2) is 11.6 Å². The lowest BCUT2D eigenvalue weighted by molar-refractivity contribution is -0.155. The van der Waals surface area contributed by atoms with E-state index in [4.69, 9.17) is 14.2 Å². The molecule has 0 fully saturated rings. The SMILES string of the molecule is CCOc1ccccc1C(=O)CC(=O)C(OC)OC. The van der Waals surface area contributed by atoms with E-state index >= 15 is 0 Å². The molecular weight excluding hydrogens is 248 g/mol. The van der Waals surface area contributed by atoms with Crippen molar-refractivity contribution in [3.8, 4) is 5.75 Å². The van der Waals surface area contributed by atoms with Gasteiger partial charge in [-0.05, 0) is 19.1 Å². The molecule has 104 valence electrons. The summed E-state index contributed by atoms with van der Waals surface area (Å²) in [5.41, 5.74) is 0.392. The van der Waals surface area contributed by atoms with Gasteiger partial charge in [-0.1, -0.05) is 12.1 Å². The maximum absolute atomic E-state index is 12.1. The lowest BCUT2D eigenvalue weighted by Gasteiger charge is -2.12. The fourth-order valence-corrected chi connectivity index (χ4v) is 1.67. The van der Waals surface area contributed by atoms with Crippen molar-refractivity contribution in [3.05, 3.63) is 29.8 Å². The first-order chi connectivity index (χ1) is 9.13. The van der Waals surface area contributed by atoms with Crippen LogP contribution in [0, 0.1) is 0 Å². The molecule has 0 aliphatic carbocycles. The molecule has 0 aliphatic heterocycles. The highest BCUT2D eigenvalue weighted by molar-refractivity contribution is 6.10. The molecule has 5 heteroatoms. The minimum Gasteiger partial charge on any atom is -0.493 e. The Labute approximate surface area is 112 Å². The third kappa shape index (κ3) is 4.15. The van der Waals surface area contributed by atoms with Crippen molar-refractivity contribution in [2.24, 2.45) is 0 Å². The second-order valence-corrected chi connectivity index (χ2v) is 3.80. The number of rotatable bonds is 8. The highest BCUT2D eigenvalue weighted by atomic mass is 16.7. The van der Waals surface area contributed by atoms with Crippen LogP contribution in [-0.2, 0) is 14.3 Å². The molecule has 0 aliphatic rings. The molecule has 0 radical (unpaired) electrons. The predicted molar refractivity (Wildman–Crippen MR) is 69.4 cm³/mol. The summed E-state index contributed by atoms with van der Waals surface area (Å²) in [6.07, 6.45) is -1.29. The van der Waals surface area contributed by atoms with E-state index in [1.54, 1.807) is 24.3 Å². The molecule has 0 unspecified atom stereocenters. The van der Waals surface area contributed by atoms with Gasteiger partial charge in [0.25, 0.3) is 0 Å². The first-order valence-electron chi connectivity index (χ1n) is 5.97. The molecular formula is C14H18O5. The maximum Gasteiger partial charge on any atom is 0.217 e. The Hall–Kier alpha value is -1.72. The molecule has 0 saturated heterocycles. The fraction of sp³-hybridized carbons (Fsp3) is 0.429. The van der Waals surface area contributed by atoms with Crippen LogP contribution in [0.25, 0.3) is 0 Å². The zero-order chi connectivity index (χ0) is 14.3. The van der Waals surface area contributed by atoms with E-state index in [-0.39, 0.29) is 12.2 Å². The predicted octanol–water partition coefficient (Wildman–Crippen LogP) is 1.85. The number of ketones is 2. The van der Waals surface area contributed by atoms with Crippen molar-refractivity contribution in [1.82, 2.24) is 0 Å². The van der Waals surface area contributed by atoms with Crippen molar-refractivity contribution in [2.75, 3.05) is 20.8 Å². The Kier molecular flexibility index (Phi) is 6.18. The molecule has 0 N–H and O–H groups in total. The molecule has 0 heterocycles. The molecule has 0 aromatic heterocycles. The number of carbonyl (C=O) groups excluding carboxylic acids is 2. The minimum atomic E-state index is -1.01. The first-order valence-corrected chi connectivity index (χ1v) is 5.97. The topological polar surface area (TPSA) is 61.8 Å². The Morgan fingerprint density at radius 3 is 2.37 bits per heavy atom. The van der Waals surface area contributed by atoms with Crippen LogP contribution in [0.4, 0.5) is 0 Å². The van der Waals surface area contributed by atoms with Gasteiger partial charge < -0.3 is 14.2 Å². The molecule has 0 saturated carbocycles. The van der Waals surface area contributed by atoms with Crippen LogP contribution in [0.2, 0.25) is 0 Å². The van der Waals surface area contributed by atoms with E-state index in [0.717, 1.165) is 0 Å². The van der Waals surface area contributed by atoms with Gasteiger partial charge in [0.1, 0.15) is 5.75 Å². The zero-order valence-corrected chi connectivity index (χ0v) is 11.3. The average molecular weight is 266 g/mol. The Bertz CT molecular complexity index is 437. The second kappa shape index (κ2) is 7.66. The molecule has 1 rings (SSSR count). The minimum absolute atomic E-state index is 0.281. The van der Waals surface area contributed by atoms with Crippen LogP contribution in [0.5, 0.6) is 5.75 Å². The highest BCUT2D eigenvalue weighted by Crippen LogP contribution is 2.20. The zero-order valence-electron chi connectivity index (χ0n) is 11.3. The molecule has 1 aromatic rings. The summed E-state index contributed by atoms with van der Waals surface area (Å²) in [5, 5.41) is 0. The number of Topliss-reactive ketones (excluding diaryl/α,β-unsaturated/α-hetero) is 2. The summed E-state index contributed by atoms with van der Waals surface area (Å²) >= 11 is 0. The highest BCUT2D eigenvalue weighted by Gasteiger charge is 2.22. The Morgan fingerprint density at radius 1 is 1.16 bits per heavy atom. The van der Waals surface area contributed by atoms with Crippen molar-refractivity contribution in [2.45, 2.75) is 19.6 Å². The van der Waals surface area contributed by atoms with E-state index in [0.29, 0.717) is 17.9 Å². The number of hydrogen-bond acceptors (Lipinski definition) is 5. The largest absolute Gasteiger partial charge is 0.493 e. The van der Waals surface area contributed by atoms with Crippen LogP contribution in [-0.4, -0.2) is 38.7 Å². The summed E-state index contributed by atoms with van der Waals surface area (Å²) in [6.45, 7) is 2.29. The molecule has 0 amide bonds. The second-order valence-electron chi connectivity index (χ2n) is 3.80. The van der Waals surface area contributed by atoms with E-state index in [9.17, 15) is 9.59 Å². The van der Waals surface area contributed by atoms with Gasteiger partial charge in [0.2, 0.25) is 6.29 Å². The quantitative estimate of drug-likeness (QED) is 0.408. The fourth-order valence-electron chi connectivity index (χ4n) is 1.67. The van der Waals surface area contributed by atoms with Gasteiger partial charge in [-0.25, -0.2) is 0 Å². The van der Waals surface area contributed by atoms with Gasteiger partial charge in [0, 0.05) is 14.2 Å². The smallest absolute Gasteiger partial charge is 0.217 e. The van der Waals surface area contributed by atoms with Crippen LogP contribution >= 0.6 is 0 Å². The molecule has 0 atom stereocenters. The molecule has 19 heavy (non-hydrogen) atoms. The third-order valence-electron chi connectivity index (χ3n) is 2.51. The first kappa shape index (κ1) is 15.3. The van der Waals surface area contributed by atoms with Crippen LogP contribution < -0.4 is 4.74 Å². The van der Waals surface area contributed by atoms with Crippen molar-refractivity contribution in [3.63, 3.8) is 0 Å². The lowest BCUT2D eigenvalue weighted by Crippen LogP contribution is -2.27. The Morgan fingerprint density at radius 2 is 1.79 bits per heavy atom. The van der Waals surface area contributed by atoms with E-state index in [2.05, 4.69) is 0 Å². The summed E-state index contributed by atoms with van der Waals surface area (Å²) in [5.74, 6) is -0.247. The van der Waals surface area contributed by atoms with Gasteiger partial charge >= 0.3 is 0 Å². The molecule has 5 nitrogen and oxygen atoms in total. The molecule has 0 bridgehead atoms. The van der Waals surface area contributed by atoms with Crippen LogP contribution in [0.1, 0.15) is 23.7 Å². The molecule has 0 spiro atoms. The van der Waals surface area contributed by atoms with Crippen molar-refractivity contribution in [1.29, 1.82) is 0 Å². The van der Waals surface area contributed by atoms with Crippen molar-refractivity contribution >= 4 is 11.6 Å².